The maximum atomic E-state index is 3.89. The van der Waals surface area contributed by atoms with Crippen LogP contribution >= 0.6 is 0 Å². The summed E-state index contributed by atoms with van der Waals surface area (Å²) in [6.45, 7) is 11.9. The van der Waals surface area contributed by atoms with Gasteiger partial charge in [0.05, 0.1) is 0 Å². The summed E-state index contributed by atoms with van der Waals surface area (Å²) in [6.07, 6.45) is 19.7. The molecule has 0 aromatic heterocycles. The fourth-order valence-electron chi connectivity index (χ4n) is 1.54. The molecule has 0 aliphatic heterocycles. The quantitative estimate of drug-likeness (QED) is 0.246. The minimum Gasteiger partial charge on any atom is -0.103 e. The summed E-state index contributed by atoms with van der Waals surface area (Å²) in [7, 11) is 0. The molecule has 0 N–H and O–H groups in total. The predicted octanol–water partition coefficient (Wildman–Crippen LogP) is 6.15. The second kappa shape index (κ2) is 12.2. The Bertz CT molecular complexity index is 313. The van der Waals surface area contributed by atoms with Gasteiger partial charge in [0.15, 0.2) is 0 Å². The van der Waals surface area contributed by atoms with Gasteiger partial charge in [-0.25, -0.2) is 0 Å². The van der Waals surface area contributed by atoms with Crippen molar-refractivity contribution in [3.8, 4) is 0 Å². The summed E-state index contributed by atoms with van der Waals surface area (Å²) in [5.41, 5.74) is 2.73. The zero-order chi connectivity index (χ0) is 13.6. The highest BCUT2D eigenvalue weighted by Gasteiger charge is 1.87. The van der Waals surface area contributed by atoms with Crippen LogP contribution in [0.25, 0.3) is 0 Å². The van der Waals surface area contributed by atoms with Crippen LogP contribution < -0.4 is 0 Å². The molecule has 0 atom stereocenters. The summed E-state index contributed by atoms with van der Waals surface area (Å²) in [6, 6.07) is 0. The Hall–Kier alpha value is -1.30. The molecule has 18 heavy (non-hydrogen) atoms. The van der Waals surface area contributed by atoms with Crippen LogP contribution in [0.15, 0.2) is 60.8 Å². The van der Waals surface area contributed by atoms with Crippen molar-refractivity contribution >= 4 is 0 Å². The number of allylic oxidation sites excluding steroid dienone is 8. The zero-order valence-corrected chi connectivity index (χ0v) is 12.1. The Kier molecular flexibility index (Phi) is 11.3. The molecule has 0 aliphatic carbocycles. The van der Waals surface area contributed by atoms with E-state index in [9.17, 15) is 0 Å². The average molecular weight is 244 g/mol. The lowest BCUT2D eigenvalue weighted by molar-refractivity contribution is 0.943. The van der Waals surface area contributed by atoms with Crippen molar-refractivity contribution in [2.45, 2.75) is 52.4 Å². The molecule has 0 saturated heterocycles. The Morgan fingerprint density at radius 2 is 1.50 bits per heavy atom. The Morgan fingerprint density at radius 3 is 2.06 bits per heavy atom. The highest BCUT2D eigenvalue weighted by molar-refractivity contribution is 5.06. The number of rotatable bonds is 10. The van der Waals surface area contributed by atoms with Crippen molar-refractivity contribution in [1.82, 2.24) is 0 Å². The van der Waals surface area contributed by atoms with E-state index in [4.69, 9.17) is 0 Å². The first-order valence-corrected chi connectivity index (χ1v) is 6.89. The van der Waals surface area contributed by atoms with E-state index in [-0.39, 0.29) is 0 Å². The lowest BCUT2D eigenvalue weighted by atomic mass is 10.1. The molecule has 0 nitrogen and oxygen atoms in total. The van der Waals surface area contributed by atoms with E-state index in [0.29, 0.717) is 0 Å². The van der Waals surface area contributed by atoms with Crippen LogP contribution in [0.4, 0.5) is 0 Å². The minimum absolute atomic E-state index is 1.08. The first kappa shape index (κ1) is 16.7. The monoisotopic (exact) mass is 244 g/mol. The van der Waals surface area contributed by atoms with Crippen molar-refractivity contribution in [2.24, 2.45) is 0 Å². The topological polar surface area (TPSA) is 0 Å². The van der Waals surface area contributed by atoms with Gasteiger partial charge in [0.25, 0.3) is 0 Å². The molecule has 0 unspecified atom stereocenters. The third kappa shape index (κ3) is 12.8. The molecule has 0 heteroatoms. The maximum absolute atomic E-state index is 3.89. The molecule has 0 heterocycles. The summed E-state index contributed by atoms with van der Waals surface area (Å²) < 4.78 is 0. The van der Waals surface area contributed by atoms with Crippen LogP contribution in [0.1, 0.15) is 52.4 Å². The van der Waals surface area contributed by atoms with E-state index in [1.807, 2.05) is 6.08 Å². The van der Waals surface area contributed by atoms with Crippen LogP contribution in [-0.2, 0) is 0 Å². The molecule has 100 valence electrons. The third-order valence-corrected chi connectivity index (χ3v) is 2.69. The Morgan fingerprint density at radius 1 is 0.889 bits per heavy atom. The van der Waals surface area contributed by atoms with E-state index in [2.05, 4.69) is 57.4 Å². The lowest BCUT2D eigenvalue weighted by Gasteiger charge is -1.97. The maximum Gasteiger partial charge on any atom is -0.0288 e. The summed E-state index contributed by atoms with van der Waals surface area (Å²) in [5.74, 6) is 0. The minimum atomic E-state index is 1.08. The van der Waals surface area contributed by atoms with Crippen molar-refractivity contribution in [1.29, 1.82) is 0 Å². The molecular weight excluding hydrogens is 216 g/mol. The van der Waals surface area contributed by atoms with Gasteiger partial charge < -0.3 is 0 Å². The molecular formula is C18H28. The highest BCUT2D eigenvalue weighted by atomic mass is 13.9. The SMILES string of the molecule is C=CCCC=C(C)CCC=CC=CCCC(=C)C. The van der Waals surface area contributed by atoms with Crippen molar-refractivity contribution in [2.75, 3.05) is 0 Å². The largest absolute Gasteiger partial charge is 0.103 e. The predicted molar refractivity (Wildman–Crippen MR) is 84.8 cm³/mol. The second-order valence-corrected chi connectivity index (χ2v) is 4.81. The zero-order valence-electron chi connectivity index (χ0n) is 12.1. The molecule has 0 aromatic rings. The summed E-state index contributed by atoms with van der Waals surface area (Å²) in [5, 5.41) is 0. The average Bonchev–Trinajstić information content (AvgIpc) is 2.32. The van der Waals surface area contributed by atoms with Gasteiger partial charge in [0, 0.05) is 0 Å². The van der Waals surface area contributed by atoms with Gasteiger partial charge in [-0.15, -0.1) is 13.2 Å². The molecule has 0 aliphatic rings. The van der Waals surface area contributed by atoms with Gasteiger partial charge in [-0.2, -0.15) is 0 Å². The molecule has 0 amide bonds. The molecule has 0 radical (unpaired) electrons. The van der Waals surface area contributed by atoms with E-state index >= 15 is 0 Å². The number of unbranched alkanes of at least 4 members (excludes halogenated alkanes) is 1. The normalized spacial score (nSPS) is 12.4. The first-order valence-electron chi connectivity index (χ1n) is 6.89. The summed E-state index contributed by atoms with van der Waals surface area (Å²) >= 11 is 0. The van der Waals surface area contributed by atoms with Crippen LogP contribution in [0, 0.1) is 0 Å². The molecule has 0 spiro atoms. The fourth-order valence-corrected chi connectivity index (χ4v) is 1.54. The van der Waals surface area contributed by atoms with Crippen LogP contribution in [0.2, 0.25) is 0 Å². The van der Waals surface area contributed by atoms with E-state index in [1.165, 1.54) is 11.1 Å². The Labute approximate surface area is 113 Å². The Balaban J connectivity index is 3.60. The second-order valence-electron chi connectivity index (χ2n) is 4.81. The van der Waals surface area contributed by atoms with Gasteiger partial charge in [-0.05, 0) is 52.4 Å². The smallest absolute Gasteiger partial charge is 0.0288 e. The van der Waals surface area contributed by atoms with Crippen LogP contribution in [-0.4, -0.2) is 0 Å². The molecule has 0 fully saturated rings. The van der Waals surface area contributed by atoms with Gasteiger partial charge >= 0.3 is 0 Å². The van der Waals surface area contributed by atoms with Crippen LogP contribution in [0.3, 0.4) is 0 Å². The van der Waals surface area contributed by atoms with E-state index < -0.39 is 0 Å². The van der Waals surface area contributed by atoms with Gasteiger partial charge in [-0.1, -0.05) is 47.6 Å². The van der Waals surface area contributed by atoms with Crippen molar-refractivity contribution in [3.05, 3.63) is 60.8 Å². The lowest BCUT2D eigenvalue weighted by Crippen LogP contribution is -1.76. The van der Waals surface area contributed by atoms with Gasteiger partial charge in [-0.3, -0.25) is 0 Å². The van der Waals surface area contributed by atoms with Gasteiger partial charge in [0.2, 0.25) is 0 Å². The summed E-state index contributed by atoms with van der Waals surface area (Å²) in [4.78, 5) is 0. The molecule has 0 bridgehead atoms. The third-order valence-electron chi connectivity index (χ3n) is 2.69. The number of hydrogen-bond donors (Lipinski definition) is 0. The standard InChI is InChI=1S/C18H28/c1-5-6-11-15-18(4)16-13-10-8-7-9-12-14-17(2)3/h5,7-10,15H,1-2,6,11-14,16H2,3-4H3. The van der Waals surface area contributed by atoms with E-state index in [1.54, 1.807) is 0 Å². The van der Waals surface area contributed by atoms with Crippen molar-refractivity contribution < 1.29 is 0 Å². The number of hydrogen-bond acceptors (Lipinski definition) is 0. The fraction of sp³-hybridized carbons (Fsp3) is 0.444. The van der Waals surface area contributed by atoms with Crippen molar-refractivity contribution in [3.63, 3.8) is 0 Å². The highest BCUT2D eigenvalue weighted by Crippen LogP contribution is 2.07. The van der Waals surface area contributed by atoms with Crippen LogP contribution in [0.5, 0.6) is 0 Å². The van der Waals surface area contributed by atoms with Gasteiger partial charge in [0.1, 0.15) is 0 Å². The molecule has 0 aromatic carbocycles. The van der Waals surface area contributed by atoms with E-state index in [0.717, 1.165) is 38.5 Å². The first-order chi connectivity index (χ1) is 8.66. The molecule has 0 saturated carbocycles. The molecule has 0 rings (SSSR count).